The maximum Gasteiger partial charge on any atom is 0.317 e. The van der Waals surface area contributed by atoms with Crippen LogP contribution in [0.1, 0.15) is 5.56 Å². The molecule has 1 N–H and O–H groups in total. The Morgan fingerprint density at radius 2 is 1.71 bits per heavy atom. The summed E-state index contributed by atoms with van der Waals surface area (Å²) in [7, 11) is 5.76. The van der Waals surface area contributed by atoms with Crippen molar-refractivity contribution < 1.29 is 9.53 Å². The molecule has 0 saturated carbocycles. The predicted octanol–water partition coefficient (Wildman–Crippen LogP) is 2.84. The van der Waals surface area contributed by atoms with Gasteiger partial charge < -0.3 is 24.8 Å². The molecule has 6 nitrogen and oxygen atoms in total. The van der Waals surface area contributed by atoms with Gasteiger partial charge in [-0.05, 0) is 42.3 Å². The number of benzene rings is 2. The third-order valence-corrected chi connectivity index (χ3v) is 5.16. The summed E-state index contributed by atoms with van der Waals surface area (Å²) >= 11 is 0. The second kappa shape index (κ2) is 9.35. The number of methoxy groups -OCH3 is 1. The van der Waals surface area contributed by atoms with Crippen LogP contribution in [-0.4, -0.2) is 64.9 Å². The molecule has 1 saturated heterocycles. The third-order valence-electron chi connectivity index (χ3n) is 5.16. The van der Waals surface area contributed by atoms with Crippen LogP contribution in [0, 0.1) is 0 Å². The number of hydrogen-bond donors (Lipinski definition) is 1. The van der Waals surface area contributed by atoms with Crippen molar-refractivity contribution in [1.82, 2.24) is 10.2 Å². The van der Waals surface area contributed by atoms with Gasteiger partial charge in [-0.25, -0.2) is 4.79 Å². The average molecular weight is 383 g/mol. The van der Waals surface area contributed by atoms with Crippen molar-refractivity contribution in [2.75, 3.05) is 63.7 Å². The molecule has 3 rings (SSSR count). The topological polar surface area (TPSA) is 48.1 Å². The monoisotopic (exact) mass is 382 g/mol. The third kappa shape index (κ3) is 4.88. The van der Waals surface area contributed by atoms with Gasteiger partial charge in [0.1, 0.15) is 5.75 Å². The van der Waals surface area contributed by atoms with Gasteiger partial charge in [0.15, 0.2) is 0 Å². The lowest BCUT2D eigenvalue weighted by molar-refractivity contribution is 0.194. The molecular weight excluding hydrogens is 352 g/mol. The van der Waals surface area contributed by atoms with Crippen LogP contribution >= 0.6 is 0 Å². The number of carbonyl (C=O) groups is 1. The summed E-state index contributed by atoms with van der Waals surface area (Å²) in [4.78, 5) is 18.8. The number of ether oxygens (including phenoxy) is 1. The summed E-state index contributed by atoms with van der Waals surface area (Å²) in [5.74, 6) is 0.866. The molecule has 1 aliphatic heterocycles. The molecular formula is C22H30N4O2. The van der Waals surface area contributed by atoms with Crippen molar-refractivity contribution in [3.8, 4) is 5.75 Å². The Kier molecular flexibility index (Phi) is 6.63. The lowest BCUT2D eigenvalue weighted by Gasteiger charge is -2.36. The SMILES string of the molecule is COc1ccccc1CCNC(=O)N1CCN(c2ccc(N(C)C)cc2)CC1. The smallest absolute Gasteiger partial charge is 0.317 e. The van der Waals surface area contributed by atoms with Gasteiger partial charge >= 0.3 is 6.03 Å². The largest absolute Gasteiger partial charge is 0.496 e. The number of nitrogens with zero attached hydrogens (tertiary/aromatic N) is 3. The van der Waals surface area contributed by atoms with E-state index in [2.05, 4.69) is 39.4 Å². The van der Waals surface area contributed by atoms with E-state index in [9.17, 15) is 4.79 Å². The lowest BCUT2D eigenvalue weighted by Crippen LogP contribution is -2.52. The number of piperazine rings is 1. The summed E-state index contributed by atoms with van der Waals surface area (Å²) in [5.41, 5.74) is 3.51. The van der Waals surface area contributed by atoms with Gasteiger partial charge in [-0.15, -0.1) is 0 Å². The van der Waals surface area contributed by atoms with E-state index in [0.29, 0.717) is 6.54 Å². The Labute approximate surface area is 167 Å². The molecule has 0 unspecified atom stereocenters. The Morgan fingerprint density at radius 1 is 1.04 bits per heavy atom. The second-order valence-corrected chi connectivity index (χ2v) is 7.18. The van der Waals surface area contributed by atoms with Crippen molar-refractivity contribution >= 4 is 17.4 Å². The molecule has 0 aromatic heterocycles. The van der Waals surface area contributed by atoms with Crippen molar-refractivity contribution in [3.05, 3.63) is 54.1 Å². The van der Waals surface area contributed by atoms with Crippen LogP contribution in [0.4, 0.5) is 16.2 Å². The van der Waals surface area contributed by atoms with Crippen LogP contribution in [0.25, 0.3) is 0 Å². The maximum atomic E-state index is 12.5. The van der Waals surface area contributed by atoms with Gasteiger partial charge in [0.25, 0.3) is 0 Å². The molecule has 0 aliphatic carbocycles. The molecule has 2 aromatic rings. The van der Waals surface area contributed by atoms with E-state index in [4.69, 9.17) is 4.74 Å². The van der Waals surface area contributed by atoms with Crippen molar-refractivity contribution in [2.24, 2.45) is 0 Å². The highest BCUT2D eigenvalue weighted by molar-refractivity contribution is 5.74. The fourth-order valence-corrected chi connectivity index (χ4v) is 3.45. The van der Waals surface area contributed by atoms with E-state index >= 15 is 0 Å². The lowest BCUT2D eigenvalue weighted by atomic mass is 10.1. The minimum atomic E-state index is 0.0116. The second-order valence-electron chi connectivity index (χ2n) is 7.18. The number of amides is 2. The van der Waals surface area contributed by atoms with Gasteiger partial charge in [-0.1, -0.05) is 18.2 Å². The molecule has 1 fully saturated rings. The van der Waals surface area contributed by atoms with Crippen LogP contribution in [0.15, 0.2) is 48.5 Å². The van der Waals surface area contributed by atoms with E-state index in [0.717, 1.165) is 43.9 Å². The Balaban J connectivity index is 1.44. The van der Waals surface area contributed by atoms with E-state index < -0.39 is 0 Å². The van der Waals surface area contributed by atoms with Crippen molar-refractivity contribution in [1.29, 1.82) is 0 Å². The first-order valence-electron chi connectivity index (χ1n) is 9.75. The number of urea groups is 1. The number of nitrogens with one attached hydrogen (secondary N) is 1. The summed E-state index contributed by atoms with van der Waals surface area (Å²) in [6.07, 6.45) is 0.758. The van der Waals surface area contributed by atoms with Crippen molar-refractivity contribution in [2.45, 2.75) is 6.42 Å². The molecule has 6 heteroatoms. The predicted molar refractivity (Wildman–Crippen MR) is 115 cm³/mol. The maximum absolute atomic E-state index is 12.5. The Hall–Kier alpha value is -2.89. The molecule has 0 spiro atoms. The van der Waals surface area contributed by atoms with Crippen LogP contribution in [0.5, 0.6) is 5.75 Å². The first-order chi connectivity index (χ1) is 13.6. The zero-order chi connectivity index (χ0) is 19.9. The van der Waals surface area contributed by atoms with Gasteiger partial charge in [-0.3, -0.25) is 0 Å². The molecule has 28 heavy (non-hydrogen) atoms. The van der Waals surface area contributed by atoms with Crippen LogP contribution < -0.4 is 19.9 Å². The zero-order valence-electron chi connectivity index (χ0n) is 17.0. The molecule has 2 aromatic carbocycles. The number of hydrogen-bond acceptors (Lipinski definition) is 4. The fourth-order valence-electron chi connectivity index (χ4n) is 3.45. The molecule has 2 amide bonds. The number of rotatable bonds is 6. The van der Waals surface area contributed by atoms with Crippen LogP contribution in [0.2, 0.25) is 0 Å². The highest BCUT2D eigenvalue weighted by atomic mass is 16.5. The molecule has 0 atom stereocenters. The summed E-state index contributed by atoms with van der Waals surface area (Å²) < 4.78 is 5.36. The molecule has 150 valence electrons. The van der Waals surface area contributed by atoms with Crippen molar-refractivity contribution in [3.63, 3.8) is 0 Å². The highest BCUT2D eigenvalue weighted by Crippen LogP contribution is 2.21. The van der Waals surface area contributed by atoms with Gasteiger partial charge in [0, 0.05) is 58.2 Å². The van der Waals surface area contributed by atoms with E-state index in [1.54, 1.807) is 7.11 Å². The standard InChI is InChI=1S/C22H30N4O2/c1-24(2)19-8-10-20(11-9-19)25-14-16-26(17-15-25)22(27)23-13-12-18-6-4-5-7-21(18)28-3/h4-11H,12-17H2,1-3H3,(H,23,27). The Bertz CT molecular complexity index is 768. The molecule has 0 bridgehead atoms. The van der Waals surface area contributed by atoms with Gasteiger partial charge in [0.2, 0.25) is 0 Å². The van der Waals surface area contributed by atoms with Gasteiger partial charge in [0.05, 0.1) is 7.11 Å². The number of anilines is 2. The molecule has 1 aliphatic rings. The zero-order valence-corrected chi connectivity index (χ0v) is 17.0. The van der Waals surface area contributed by atoms with E-state index in [1.165, 1.54) is 11.4 Å². The number of carbonyl (C=O) groups excluding carboxylic acids is 1. The van der Waals surface area contributed by atoms with E-state index in [1.807, 2.05) is 43.3 Å². The summed E-state index contributed by atoms with van der Waals surface area (Å²) in [6, 6.07) is 16.5. The first kappa shape index (κ1) is 19.9. The summed E-state index contributed by atoms with van der Waals surface area (Å²) in [5, 5.41) is 3.03. The van der Waals surface area contributed by atoms with E-state index in [-0.39, 0.29) is 6.03 Å². The van der Waals surface area contributed by atoms with Crippen LogP contribution in [0.3, 0.4) is 0 Å². The number of para-hydroxylation sites is 1. The normalized spacial score (nSPS) is 14.0. The highest BCUT2D eigenvalue weighted by Gasteiger charge is 2.21. The van der Waals surface area contributed by atoms with Gasteiger partial charge in [-0.2, -0.15) is 0 Å². The molecule has 0 radical (unpaired) electrons. The first-order valence-corrected chi connectivity index (χ1v) is 9.75. The summed E-state index contributed by atoms with van der Waals surface area (Å²) in [6.45, 7) is 3.76. The minimum absolute atomic E-state index is 0.0116. The Morgan fingerprint density at radius 3 is 2.36 bits per heavy atom. The minimum Gasteiger partial charge on any atom is -0.496 e. The molecule has 1 heterocycles. The fraction of sp³-hybridized carbons (Fsp3) is 0.409. The quantitative estimate of drug-likeness (QED) is 0.835. The van der Waals surface area contributed by atoms with Crippen LogP contribution in [-0.2, 0) is 6.42 Å². The average Bonchev–Trinajstić information content (AvgIpc) is 2.74.